The van der Waals surface area contributed by atoms with Gasteiger partial charge in [-0.15, -0.1) is 0 Å². The third-order valence-electron chi connectivity index (χ3n) is 3.09. The Balaban J connectivity index is 1.61. The molecule has 0 fully saturated rings. The number of anilines is 2. The van der Waals surface area contributed by atoms with E-state index in [1.807, 2.05) is 25.1 Å². The Kier molecular flexibility index (Phi) is 4.02. The van der Waals surface area contributed by atoms with Crippen LogP contribution in [0.25, 0.3) is 10.2 Å². The fourth-order valence-corrected chi connectivity index (χ4v) is 2.98. The van der Waals surface area contributed by atoms with E-state index >= 15 is 0 Å². The number of hydrogen-bond acceptors (Lipinski definition) is 4. The molecule has 0 aliphatic heterocycles. The maximum absolute atomic E-state index is 12.8. The highest BCUT2D eigenvalue weighted by Crippen LogP contribution is 2.26. The summed E-state index contributed by atoms with van der Waals surface area (Å²) in [5.41, 5.74) is 2.72. The van der Waals surface area contributed by atoms with Gasteiger partial charge in [-0.05, 0) is 48.9 Å². The average Bonchev–Trinajstić information content (AvgIpc) is 2.88. The largest absolute Gasteiger partial charge is 0.376 e. The molecule has 0 spiro atoms. The monoisotopic (exact) mass is 315 g/mol. The quantitative estimate of drug-likeness (QED) is 0.770. The second kappa shape index (κ2) is 6.11. The zero-order valence-corrected chi connectivity index (χ0v) is 12.7. The van der Waals surface area contributed by atoms with E-state index in [0.717, 1.165) is 15.8 Å². The lowest BCUT2D eigenvalue weighted by atomic mass is 10.2. The summed E-state index contributed by atoms with van der Waals surface area (Å²) in [6, 6.07) is 11.8. The Labute approximate surface area is 131 Å². The minimum atomic E-state index is -0.306. The summed E-state index contributed by atoms with van der Waals surface area (Å²) in [6.45, 7) is 2.12. The van der Waals surface area contributed by atoms with Gasteiger partial charge in [0.15, 0.2) is 5.13 Å². The Morgan fingerprint density at radius 1 is 1.23 bits per heavy atom. The molecule has 22 heavy (non-hydrogen) atoms. The summed E-state index contributed by atoms with van der Waals surface area (Å²) in [6.07, 6.45) is 0. The summed E-state index contributed by atoms with van der Waals surface area (Å²) < 4.78 is 13.8. The van der Waals surface area contributed by atoms with Crippen molar-refractivity contribution in [2.24, 2.45) is 0 Å². The molecule has 112 valence electrons. The number of carbonyl (C=O) groups is 1. The molecule has 1 heterocycles. The molecule has 0 saturated heterocycles. The van der Waals surface area contributed by atoms with Crippen LogP contribution in [0.2, 0.25) is 0 Å². The van der Waals surface area contributed by atoms with Crippen LogP contribution in [0.1, 0.15) is 5.56 Å². The molecule has 0 radical (unpaired) electrons. The van der Waals surface area contributed by atoms with Gasteiger partial charge in [0.1, 0.15) is 5.82 Å². The normalized spacial score (nSPS) is 10.6. The number of nitrogens with one attached hydrogen (secondary N) is 2. The maximum atomic E-state index is 12.8. The lowest BCUT2D eigenvalue weighted by Gasteiger charge is -2.05. The summed E-state index contributed by atoms with van der Waals surface area (Å²) in [4.78, 5) is 16.3. The predicted octanol–water partition coefficient (Wildman–Crippen LogP) is 3.79. The van der Waals surface area contributed by atoms with E-state index in [1.54, 1.807) is 12.1 Å². The maximum Gasteiger partial charge on any atom is 0.245 e. The summed E-state index contributed by atoms with van der Waals surface area (Å²) >= 11 is 1.44. The first kappa shape index (κ1) is 14.5. The molecule has 2 aromatic carbocycles. The number of amides is 1. The topological polar surface area (TPSA) is 54.0 Å². The zero-order chi connectivity index (χ0) is 15.5. The minimum Gasteiger partial charge on any atom is -0.376 e. The van der Waals surface area contributed by atoms with Gasteiger partial charge in [-0.2, -0.15) is 0 Å². The molecule has 0 atom stereocenters. The summed E-state index contributed by atoms with van der Waals surface area (Å²) in [7, 11) is 0. The number of hydrogen-bond donors (Lipinski definition) is 2. The highest BCUT2D eigenvalue weighted by molar-refractivity contribution is 7.22. The third-order valence-corrected chi connectivity index (χ3v) is 4.02. The lowest BCUT2D eigenvalue weighted by Crippen LogP contribution is -2.21. The molecule has 0 saturated carbocycles. The second-order valence-electron chi connectivity index (χ2n) is 4.90. The molecule has 1 amide bonds. The molecule has 3 aromatic rings. The number of thiazole rings is 1. The van der Waals surface area contributed by atoms with Crippen LogP contribution in [-0.2, 0) is 4.79 Å². The molecule has 4 nitrogen and oxygen atoms in total. The first-order valence-electron chi connectivity index (χ1n) is 6.77. The summed E-state index contributed by atoms with van der Waals surface area (Å²) in [5, 5.41) is 6.27. The van der Waals surface area contributed by atoms with Gasteiger partial charge in [-0.1, -0.05) is 17.4 Å². The van der Waals surface area contributed by atoms with Crippen LogP contribution in [0.3, 0.4) is 0 Å². The van der Waals surface area contributed by atoms with Crippen LogP contribution in [0.5, 0.6) is 0 Å². The molecular formula is C16H14FN3OS. The van der Waals surface area contributed by atoms with Crippen molar-refractivity contribution in [2.75, 3.05) is 17.2 Å². The number of halogens is 1. The van der Waals surface area contributed by atoms with Crippen LogP contribution in [0.4, 0.5) is 15.2 Å². The van der Waals surface area contributed by atoms with Gasteiger partial charge in [0.05, 0.1) is 16.8 Å². The molecule has 0 aliphatic carbocycles. The van der Waals surface area contributed by atoms with Gasteiger partial charge in [-0.3, -0.25) is 4.79 Å². The number of aryl methyl sites for hydroxylation is 1. The molecule has 0 aliphatic rings. The van der Waals surface area contributed by atoms with Crippen LogP contribution in [0, 0.1) is 12.7 Å². The van der Waals surface area contributed by atoms with E-state index in [0.29, 0.717) is 10.8 Å². The fraction of sp³-hybridized carbons (Fsp3) is 0.125. The Hall–Kier alpha value is -2.47. The van der Waals surface area contributed by atoms with E-state index < -0.39 is 0 Å². The molecule has 0 bridgehead atoms. The third kappa shape index (κ3) is 3.40. The zero-order valence-electron chi connectivity index (χ0n) is 11.9. The van der Waals surface area contributed by atoms with Crippen molar-refractivity contribution in [3.05, 3.63) is 53.8 Å². The van der Waals surface area contributed by atoms with E-state index in [2.05, 4.69) is 15.6 Å². The van der Waals surface area contributed by atoms with E-state index in [9.17, 15) is 9.18 Å². The SMILES string of the molecule is Cc1ccc2nc(NC(=O)CNc3ccc(F)cc3)sc2c1. The molecular weight excluding hydrogens is 301 g/mol. The fourth-order valence-electron chi connectivity index (χ4n) is 2.00. The van der Waals surface area contributed by atoms with E-state index in [4.69, 9.17) is 0 Å². The number of nitrogens with zero attached hydrogens (tertiary/aromatic N) is 1. The van der Waals surface area contributed by atoms with Crippen molar-refractivity contribution in [3.63, 3.8) is 0 Å². The van der Waals surface area contributed by atoms with Crippen molar-refractivity contribution in [3.8, 4) is 0 Å². The van der Waals surface area contributed by atoms with Crippen molar-refractivity contribution in [2.45, 2.75) is 6.92 Å². The van der Waals surface area contributed by atoms with Gasteiger partial charge >= 0.3 is 0 Å². The molecule has 1 aromatic heterocycles. The van der Waals surface area contributed by atoms with Gasteiger partial charge < -0.3 is 10.6 Å². The first-order valence-corrected chi connectivity index (χ1v) is 7.58. The van der Waals surface area contributed by atoms with Crippen LogP contribution in [-0.4, -0.2) is 17.4 Å². The van der Waals surface area contributed by atoms with Crippen LogP contribution < -0.4 is 10.6 Å². The Morgan fingerprint density at radius 2 is 2.00 bits per heavy atom. The van der Waals surface area contributed by atoms with Crippen LogP contribution in [0.15, 0.2) is 42.5 Å². The van der Waals surface area contributed by atoms with E-state index in [1.165, 1.54) is 23.5 Å². The molecule has 6 heteroatoms. The number of rotatable bonds is 4. The van der Waals surface area contributed by atoms with Crippen LogP contribution >= 0.6 is 11.3 Å². The Bertz CT molecular complexity index is 814. The molecule has 2 N–H and O–H groups in total. The Morgan fingerprint density at radius 3 is 2.77 bits per heavy atom. The highest BCUT2D eigenvalue weighted by atomic mass is 32.1. The minimum absolute atomic E-state index is 0.0978. The molecule has 3 rings (SSSR count). The van der Waals surface area contributed by atoms with Crippen molar-refractivity contribution >= 4 is 38.3 Å². The highest BCUT2D eigenvalue weighted by Gasteiger charge is 2.08. The number of carbonyl (C=O) groups excluding carboxylic acids is 1. The van der Waals surface area contributed by atoms with Crippen molar-refractivity contribution in [1.82, 2.24) is 4.98 Å². The number of aromatic nitrogens is 1. The van der Waals surface area contributed by atoms with Gasteiger partial charge in [0.25, 0.3) is 0 Å². The van der Waals surface area contributed by atoms with Gasteiger partial charge in [0, 0.05) is 5.69 Å². The van der Waals surface area contributed by atoms with Crippen molar-refractivity contribution < 1.29 is 9.18 Å². The smallest absolute Gasteiger partial charge is 0.245 e. The predicted molar refractivity (Wildman–Crippen MR) is 87.9 cm³/mol. The number of fused-ring (bicyclic) bond motifs is 1. The van der Waals surface area contributed by atoms with Gasteiger partial charge in [-0.25, -0.2) is 9.37 Å². The lowest BCUT2D eigenvalue weighted by molar-refractivity contribution is -0.114. The standard InChI is InChI=1S/C16H14FN3OS/c1-10-2-7-13-14(8-10)22-16(19-13)20-15(21)9-18-12-5-3-11(17)4-6-12/h2-8,18H,9H2,1H3,(H,19,20,21). The summed E-state index contributed by atoms with van der Waals surface area (Å²) in [5.74, 6) is -0.500. The first-order chi connectivity index (χ1) is 10.6. The van der Waals surface area contributed by atoms with Crippen molar-refractivity contribution in [1.29, 1.82) is 0 Å². The average molecular weight is 315 g/mol. The van der Waals surface area contributed by atoms with E-state index in [-0.39, 0.29) is 18.3 Å². The van der Waals surface area contributed by atoms with Gasteiger partial charge in [0.2, 0.25) is 5.91 Å². The number of benzene rings is 2. The molecule has 0 unspecified atom stereocenters. The second-order valence-corrected chi connectivity index (χ2v) is 5.93.